The second-order valence-corrected chi connectivity index (χ2v) is 3.47. The van der Waals surface area contributed by atoms with Crippen LogP contribution >= 0.6 is 0 Å². The molecule has 6 N–H and O–H groups in total. The average Bonchev–Trinajstić information content (AvgIpc) is 2.36. The Hall–Kier alpha value is -3.37. The lowest BCUT2D eigenvalue weighted by Crippen LogP contribution is -2.01. The first-order valence-electron chi connectivity index (χ1n) is 5.07. The van der Waals surface area contributed by atoms with Crippen molar-refractivity contribution >= 4 is 29.2 Å². The molecule has 0 saturated heterocycles. The number of aromatic nitrogens is 3. The summed E-state index contributed by atoms with van der Waals surface area (Å²) in [5, 5.41) is 28.6. The van der Waals surface area contributed by atoms with Crippen LogP contribution in [0.15, 0.2) is 27.5 Å². The third kappa shape index (κ3) is 2.72. The van der Waals surface area contributed by atoms with Gasteiger partial charge < -0.3 is 21.7 Å². The molecule has 20 heavy (non-hydrogen) atoms. The maximum Gasteiger partial charge on any atom is 0.275 e. The van der Waals surface area contributed by atoms with Crippen LogP contribution in [0.5, 0.6) is 11.5 Å². The minimum Gasteiger partial charge on any atom is -0.505 e. The summed E-state index contributed by atoms with van der Waals surface area (Å²) in [6, 6.07) is 1.94. The smallest absolute Gasteiger partial charge is 0.275 e. The lowest BCUT2D eigenvalue weighted by Gasteiger charge is -2.00. The average molecular weight is 276 g/mol. The summed E-state index contributed by atoms with van der Waals surface area (Å²) in [4.78, 5) is 21.2. The highest BCUT2D eigenvalue weighted by Crippen LogP contribution is 2.38. The van der Waals surface area contributed by atoms with Gasteiger partial charge in [-0.25, -0.2) is 0 Å². The second kappa shape index (κ2) is 5.09. The Bertz CT molecular complexity index is 682. The van der Waals surface area contributed by atoms with E-state index in [0.29, 0.717) is 0 Å². The molecule has 1 aromatic heterocycles. The molecule has 0 bridgehead atoms. The third-order valence-electron chi connectivity index (χ3n) is 2.08. The number of rotatable bonds is 3. The predicted molar refractivity (Wildman–Crippen MR) is 68.1 cm³/mol. The van der Waals surface area contributed by atoms with Gasteiger partial charge in [-0.1, -0.05) is 0 Å². The highest BCUT2D eigenvalue weighted by atomic mass is 16.3. The van der Waals surface area contributed by atoms with Crippen molar-refractivity contribution in [1.82, 2.24) is 15.0 Å². The molecule has 0 unspecified atom stereocenters. The van der Waals surface area contributed by atoms with E-state index in [9.17, 15) is 15.1 Å². The number of phenols is 2. The molecule has 11 nitrogen and oxygen atoms in total. The molecule has 0 radical (unpaired) electrons. The normalized spacial score (nSPS) is 10.8. The zero-order chi connectivity index (χ0) is 14.7. The first-order chi connectivity index (χ1) is 9.49. The van der Waals surface area contributed by atoms with Crippen LogP contribution in [0.25, 0.3) is 0 Å². The molecule has 0 aliphatic heterocycles. The molecule has 0 atom stereocenters. The molecular weight excluding hydrogens is 268 g/mol. The van der Waals surface area contributed by atoms with Gasteiger partial charge in [0.15, 0.2) is 5.69 Å². The summed E-state index contributed by atoms with van der Waals surface area (Å²) >= 11 is 0. The molecule has 0 fully saturated rings. The highest BCUT2D eigenvalue weighted by Gasteiger charge is 2.09. The number of anilines is 2. The molecule has 0 aliphatic carbocycles. The fraction of sp³-hybridized carbons (Fsp3) is 0. The van der Waals surface area contributed by atoms with Crippen molar-refractivity contribution in [1.29, 1.82) is 0 Å². The van der Waals surface area contributed by atoms with Crippen molar-refractivity contribution < 1.29 is 10.2 Å². The van der Waals surface area contributed by atoms with E-state index in [0.717, 1.165) is 12.1 Å². The Balaban J connectivity index is 2.38. The topological polar surface area (TPSA) is 185 Å². The molecule has 11 heteroatoms. The van der Waals surface area contributed by atoms with Gasteiger partial charge in [0.05, 0.1) is 0 Å². The highest BCUT2D eigenvalue weighted by molar-refractivity contribution is 5.65. The van der Waals surface area contributed by atoms with Crippen molar-refractivity contribution in [3.63, 3.8) is 0 Å². The van der Waals surface area contributed by atoms with Crippen molar-refractivity contribution in [3.8, 4) is 11.5 Å². The lowest BCUT2D eigenvalue weighted by atomic mass is 10.2. The zero-order valence-electron chi connectivity index (χ0n) is 9.80. The molecular formula is C9H8N8O3. The van der Waals surface area contributed by atoms with Gasteiger partial charge in [-0.3, -0.25) is 0 Å². The van der Waals surface area contributed by atoms with Gasteiger partial charge in [0.25, 0.3) is 5.95 Å². The Kier molecular flexibility index (Phi) is 3.33. The Morgan fingerprint density at radius 3 is 2.10 bits per heavy atom. The van der Waals surface area contributed by atoms with E-state index in [4.69, 9.17) is 11.5 Å². The van der Waals surface area contributed by atoms with Gasteiger partial charge in [0.2, 0.25) is 11.9 Å². The van der Waals surface area contributed by atoms with E-state index in [-0.39, 0.29) is 29.2 Å². The number of nitrogens with two attached hydrogens (primary N) is 2. The molecule has 1 aromatic carbocycles. The maximum atomic E-state index is 10.4. The number of phenolic OH excluding ortho intramolecular Hbond substituents is 2. The van der Waals surface area contributed by atoms with Gasteiger partial charge in [-0.2, -0.15) is 15.0 Å². The van der Waals surface area contributed by atoms with Gasteiger partial charge in [0, 0.05) is 12.1 Å². The summed E-state index contributed by atoms with van der Waals surface area (Å²) in [6.07, 6.45) is 0. The number of benzene rings is 1. The maximum absolute atomic E-state index is 10.4. The van der Waals surface area contributed by atoms with E-state index in [1.165, 1.54) is 0 Å². The van der Waals surface area contributed by atoms with E-state index >= 15 is 0 Å². The summed E-state index contributed by atoms with van der Waals surface area (Å²) < 4.78 is 0. The van der Waals surface area contributed by atoms with E-state index in [1.807, 2.05) is 0 Å². The molecule has 1 heterocycles. The van der Waals surface area contributed by atoms with E-state index in [2.05, 4.69) is 30.4 Å². The zero-order valence-corrected chi connectivity index (χ0v) is 9.80. The van der Waals surface area contributed by atoms with Crippen LogP contribution in [0, 0.1) is 4.91 Å². The summed E-state index contributed by atoms with van der Waals surface area (Å²) in [5.74, 6) is -1.35. The lowest BCUT2D eigenvalue weighted by molar-refractivity contribution is 0.452. The fourth-order valence-electron chi connectivity index (χ4n) is 1.25. The Morgan fingerprint density at radius 1 is 0.900 bits per heavy atom. The third-order valence-corrected chi connectivity index (χ3v) is 2.08. The van der Waals surface area contributed by atoms with Gasteiger partial charge in [0.1, 0.15) is 17.2 Å². The van der Waals surface area contributed by atoms with Crippen LogP contribution in [-0.4, -0.2) is 25.2 Å². The number of azo groups is 1. The van der Waals surface area contributed by atoms with Crippen LogP contribution in [-0.2, 0) is 0 Å². The summed E-state index contributed by atoms with van der Waals surface area (Å²) in [6.45, 7) is 0. The number of aromatic hydroxyl groups is 2. The molecule has 0 spiro atoms. The van der Waals surface area contributed by atoms with Gasteiger partial charge in [-0.15, -0.1) is 15.1 Å². The van der Waals surface area contributed by atoms with Crippen molar-refractivity contribution in [3.05, 3.63) is 17.0 Å². The van der Waals surface area contributed by atoms with Crippen molar-refractivity contribution in [2.45, 2.75) is 0 Å². The SMILES string of the molecule is Nc1nc(N)nc(/N=N/c2cc(N=O)c(O)cc2O)n1. The van der Waals surface area contributed by atoms with Crippen LogP contribution in [0.2, 0.25) is 0 Å². The molecule has 2 aromatic rings. The van der Waals surface area contributed by atoms with Crippen molar-refractivity contribution in [2.24, 2.45) is 15.4 Å². The summed E-state index contributed by atoms with van der Waals surface area (Å²) in [7, 11) is 0. The van der Waals surface area contributed by atoms with Crippen molar-refractivity contribution in [2.75, 3.05) is 11.5 Å². The van der Waals surface area contributed by atoms with Crippen LogP contribution in [0.4, 0.5) is 29.2 Å². The van der Waals surface area contributed by atoms with Crippen LogP contribution < -0.4 is 11.5 Å². The number of hydrogen-bond donors (Lipinski definition) is 4. The monoisotopic (exact) mass is 276 g/mol. The molecule has 102 valence electrons. The molecule has 2 rings (SSSR count). The first-order valence-corrected chi connectivity index (χ1v) is 5.07. The number of nitrogens with zero attached hydrogens (tertiary/aromatic N) is 6. The number of nitroso groups, excluding NO2 is 1. The van der Waals surface area contributed by atoms with Gasteiger partial charge in [-0.05, 0) is 5.18 Å². The number of nitrogen functional groups attached to an aromatic ring is 2. The minimum atomic E-state index is -0.481. The first kappa shape index (κ1) is 13.1. The predicted octanol–water partition coefficient (Wildman–Crippen LogP) is 1.26. The molecule has 0 amide bonds. The minimum absolute atomic E-state index is 0.116. The second-order valence-electron chi connectivity index (χ2n) is 3.47. The molecule has 0 saturated carbocycles. The van der Waals surface area contributed by atoms with Gasteiger partial charge >= 0.3 is 0 Å². The molecule has 0 aliphatic rings. The fourth-order valence-corrected chi connectivity index (χ4v) is 1.25. The number of hydrogen-bond acceptors (Lipinski definition) is 11. The van der Waals surface area contributed by atoms with Crippen LogP contribution in [0.3, 0.4) is 0 Å². The van der Waals surface area contributed by atoms with Crippen LogP contribution in [0.1, 0.15) is 0 Å². The Labute approximate surface area is 111 Å². The largest absolute Gasteiger partial charge is 0.505 e. The van der Waals surface area contributed by atoms with E-state index < -0.39 is 11.5 Å². The van der Waals surface area contributed by atoms with E-state index in [1.54, 1.807) is 0 Å². The quantitative estimate of drug-likeness (QED) is 0.476. The Morgan fingerprint density at radius 2 is 1.50 bits per heavy atom. The standard InChI is InChI=1S/C9H8N8O3/c10-7-12-8(11)14-9(13-7)16-15-3-1-4(17-20)6(19)2-5(3)18/h1-2,18-19H,(H4,10,11,12,13,14)/b16-15+. The summed E-state index contributed by atoms with van der Waals surface area (Å²) in [5.41, 5.74) is 10.3.